The van der Waals surface area contributed by atoms with Gasteiger partial charge in [0.25, 0.3) is 5.91 Å². The van der Waals surface area contributed by atoms with Crippen molar-refractivity contribution in [3.8, 4) is 0 Å². The Kier molecular flexibility index (Phi) is 6.74. The first-order valence-corrected chi connectivity index (χ1v) is 9.66. The summed E-state index contributed by atoms with van der Waals surface area (Å²) in [5.41, 5.74) is 5.22. The number of aryl methyl sites for hydroxylation is 2. The molecule has 3 aromatic rings. The molecule has 2 N–H and O–H groups in total. The minimum absolute atomic E-state index is 0.0563. The van der Waals surface area contributed by atoms with Gasteiger partial charge in [-0.05, 0) is 42.5 Å². The first kappa shape index (κ1) is 20.3. The van der Waals surface area contributed by atoms with Crippen molar-refractivity contribution in [2.45, 2.75) is 26.8 Å². The zero-order valence-corrected chi connectivity index (χ0v) is 16.8. The molecule has 1 aromatic heterocycles. The number of pyridine rings is 1. The topological polar surface area (TPSA) is 62.1 Å². The number of hydrogen-bond acceptors (Lipinski definition) is 2. The fraction of sp³-hybridized carbons (Fsp3) is 0.208. The Hall–Kier alpha value is -3.47. The third-order valence-corrected chi connectivity index (χ3v) is 4.73. The fourth-order valence-corrected chi connectivity index (χ4v) is 3.14. The number of amides is 2. The first-order chi connectivity index (χ1) is 14.0. The summed E-state index contributed by atoms with van der Waals surface area (Å²) in [5, 5.41) is 5.54. The number of hydrogen-bond donors (Lipinski definition) is 2. The summed E-state index contributed by atoms with van der Waals surface area (Å²) in [6, 6.07) is 20.1. The number of nitrogens with one attached hydrogen (secondary N) is 2. The molecule has 0 unspecified atom stereocenters. The van der Waals surface area contributed by atoms with E-state index in [0.29, 0.717) is 0 Å². The highest BCUT2D eigenvalue weighted by molar-refractivity contribution is 5.95. The van der Waals surface area contributed by atoms with Gasteiger partial charge in [0, 0.05) is 17.8 Å². The third kappa shape index (κ3) is 6.01. The van der Waals surface area contributed by atoms with Gasteiger partial charge in [-0.25, -0.2) is 0 Å². The second-order valence-corrected chi connectivity index (χ2v) is 7.13. The van der Waals surface area contributed by atoms with Crippen LogP contribution in [-0.2, 0) is 22.6 Å². The summed E-state index contributed by atoms with van der Waals surface area (Å²) in [7, 11) is 0. The van der Waals surface area contributed by atoms with Crippen LogP contribution in [0.3, 0.4) is 0 Å². The molecule has 2 aromatic carbocycles. The molecule has 0 aliphatic heterocycles. The van der Waals surface area contributed by atoms with Gasteiger partial charge in [0.15, 0.2) is 12.4 Å². The van der Waals surface area contributed by atoms with E-state index in [0.717, 1.165) is 23.2 Å². The maximum atomic E-state index is 12.2. The van der Waals surface area contributed by atoms with Gasteiger partial charge in [-0.3, -0.25) is 9.59 Å². The van der Waals surface area contributed by atoms with Crippen LogP contribution in [0.5, 0.6) is 0 Å². The number of carbonyl (C=O) groups is 2. The van der Waals surface area contributed by atoms with Crippen molar-refractivity contribution < 1.29 is 14.2 Å². The lowest BCUT2D eigenvalue weighted by Crippen LogP contribution is -2.44. The molecule has 0 spiro atoms. The van der Waals surface area contributed by atoms with E-state index in [4.69, 9.17) is 0 Å². The van der Waals surface area contributed by atoms with Crippen LogP contribution in [0.1, 0.15) is 22.3 Å². The van der Waals surface area contributed by atoms with Crippen LogP contribution in [0.2, 0.25) is 0 Å². The van der Waals surface area contributed by atoms with Gasteiger partial charge in [-0.2, -0.15) is 4.57 Å². The number of anilines is 1. The lowest BCUT2D eigenvalue weighted by Gasteiger charge is -2.11. The van der Waals surface area contributed by atoms with Crippen molar-refractivity contribution in [2.24, 2.45) is 0 Å². The zero-order valence-electron chi connectivity index (χ0n) is 16.8. The van der Waals surface area contributed by atoms with Crippen molar-refractivity contribution in [1.29, 1.82) is 0 Å². The van der Waals surface area contributed by atoms with Gasteiger partial charge >= 0.3 is 0 Å². The second kappa shape index (κ2) is 9.64. The highest BCUT2D eigenvalue weighted by Crippen LogP contribution is 2.18. The van der Waals surface area contributed by atoms with Gasteiger partial charge in [0.1, 0.15) is 0 Å². The smallest absolute Gasteiger partial charge is 0.286 e. The van der Waals surface area contributed by atoms with E-state index in [9.17, 15) is 9.59 Å². The second-order valence-electron chi connectivity index (χ2n) is 7.13. The van der Waals surface area contributed by atoms with Crippen LogP contribution in [0, 0.1) is 13.8 Å². The number of aromatic nitrogens is 1. The minimum Gasteiger partial charge on any atom is -0.342 e. The molecule has 0 atom stereocenters. The first-order valence-electron chi connectivity index (χ1n) is 9.66. The largest absolute Gasteiger partial charge is 0.342 e. The lowest BCUT2D eigenvalue weighted by atomic mass is 10.1. The van der Waals surface area contributed by atoms with E-state index in [1.165, 1.54) is 11.1 Å². The van der Waals surface area contributed by atoms with E-state index in [1.54, 1.807) is 4.57 Å². The van der Waals surface area contributed by atoms with Crippen molar-refractivity contribution in [2.75, 3.05) is 11.9 Å². The molecular formula is C24H26N3O2+. The number of benzene rings is 2. The molecule has 2 amide bonds. The summed E-state index contributed by atoms with van der Waals surface area (Å²) < 4.78 is 1.80. The lowest BCUT2D eigenvalue weighted by molar-refractivity contribution is -0.684. The molecule has 148 valence electrons. The van der Waals surface area contributed by atoms with Crippen LogP contribution < -0.4 is 15.2 Å². The van der Waals surface area contributed by atoms with Gasteiger partial charge in [-0.15, -0.1) is 0 Å². The average molecular weight is 388 g/mol. The molecule has 0 radical (unpaired) electrons. The SMILES string of the molecule is Cc1cccc(C)c1NC(=O)CNC(=O)C[n+]1ccc(Cc2ccccc2)cc1. The summed E-state index contributed by atoms with van der Waals surface area (Å²) in [4.78, 5) is 24.3. The van der Waals surface area contributed by atoms with E-state index in [2.05, 4.69) is 22.8 Å². The molecule has 1 heterocycles. The summed E-state index contributed by atoms with van der Waals surface area (Å²) in [6.07, 6.45) is 4.62. The fourth-order valence-electron chi connectivity index (χ4n) is 3.14. The Labute approximate surface area is 171 Å². The quantitative estimate of drug-likeness (QED) is 0.612. The number of carbonyl (C=O) groups excluding carboxylic acids is 2. The molecule has 0 bridgehead atoms. The standard InChI is InChI=1S/C24H25N3O2/c1-18-7-6-8-19(2)24(18)26-22(28)16-25-23(29)17-27-13-11-21(12-14-27)15-20-9-4-3-5-10-20/h3-14H,15-17H2,1-2H3,(H-,25,26,28,29)/p+1. The average Bonchev–Trinajstić information content (AvgIpc) is 2.72. The molecular weight excluding hydrogens is 362 g/mol. The molecule has 5 nitrogen and oxygen atoms in total. The van der Waals surface area contributed by atoms with Gasteiger partial charge in [0.05, 0.1) is 6.54 Å². The number of para-hydroxylation sites is 1. The van der Waals surface area contributed by atoms with Crippen LogP contribution in [0.25, 0.3) is 0 Å². The highest BCUT2D eigenvalue weighted by Gasteiger charge is 2.12. The van der Waals surface area contributed by atoms with Gasteiger partial charge < -0.3 is 10.6 Å². The minimum atomic E-state index is -0.237. The van der Waals surface area contributed by atoms with Crippen LogP contribution in [0.15, 0.2) is 73.1 Å². The normalized spacial score (nSPS) is 10.4. The number of nitrogens with zero attached hydrogens (tertiary/aromatic N) is 1. The van der Waals surface area contributed by atoms with Crippen molar-refractivity contribution in [3.63, 3.8) is 0 Å². The molecule has 0 aliphatic rings. The summed E-state index contributed by atoms with van der Waals surface area (Å²) in [5.74, 6) is -0.443. The van der Waals surface area contributed by atoms with E-state index < -0.39 is 0 Å². The predicted molar refractivity (Wildman–Crippen MR) is 113 cm³/mol. The zero-order chi connectivity index (χ0) is 20.6. The van der Waals surface area contributed by atoms with Crippen LogP contribution in [0.4, 0.5) is 5.69 Å². The molecule has 3 rings (SSSR count). The van der Waals surface area contributed by atoms with Crippen molar-refractivity contribution in [1.82, 2.24) is 5.32 Å². The highest BCUT2D eigenvalue weighted by atomic mass is 16.2. The Morgan fingerprint density at radius 1 is 0.793 bits per heavy atom. The summed E-state index contributed by atoms with van der Waals surface area (Å²) >= 11 is 0. The molecule has 0 saturated carbocycles. The molecule has 0 saturated heterocycles. The maximum Gasteiger partial charge on any atom is 0.286 e. The Morgan fingerprint density at radius 2 is 1.41 bits per heavy atom. The predicted octanol–water partition coefficient (Wildman–Crippen LogP) is 2.94. The Morgan fingerprint density at radius 3 is 2.07 bits per heavy atom. The molecule has 29 heavy (non-hydrogen) atoms. The number of rotatable bonds is 7. The van der Waals surface area contributed by atoms with Crippen molar-refractivity contribution >= 4 is 17.5 Å². The van der Waals surface area contributed by atoms with E-state index in [-0.39, 0.29) is 24.9 Å². The van der Waals surface area contributed by atoms with E-state index >= 15 is 0 Å². The van der Waals surface area contributed by atoms with E-state index in [1.807, 2.05) is 74.8 Å². The van der Waals surface area contributed by atoms with Crippen LogP contribution >= 0.6 is 0 Å². The van der Waals surface area contributed by atoms with Gasteiger partial charge in [-0.1, -0.05) is 48.5 Å². The van der Waals surface area contributed by atoms with Crippen LogP contribution in [-0.4, -0.2) is 18.4 Å². The molecule has 5 heteroatoms. The van der Waals surface area contributed by atoms with Gasteiger partial charge in [0.2, 0.25) is 12.5 Å². The maximum absolute atomic E-state index is 12.2. The van der Waals surface area contributed by atoms with Crippen molar-refractivity contribution in [3.05, 3.63) is 95.3 Å². The third-order valence-electron chi connectivity index (χ3n) is 4.73. The molecule has 0 aliphatic carbocycles. The molecule has 0 fully saturated rings. The Bertz CT molecular complexity index is 963. The monoisotopic (exact) mass is 388 g/mol. The Balaban J connectivity index is 1.47. The summed E-state index contributed by atoms with van der Waals surface area (Å²) in [6.45, 7) is 4.00.